The number of aromatic nitrogens is 5. The number of imide groups is 1. The number of carbonyl (C=O) groups is 2. The van der Waals surface area contributed by atoms with Crippen LogP contribution in [0.2, 0.25) is 0 Å². The first kappa shape index (κ1) is 46.1. The number of nitrogens with one attached hydrogen (secondary N) is 3. The van der Waals surface area contributed by atoms with Gasteiger partial charge in [0, 0.05) is 93.0 Å². The van der Waals surface area contributed by atoms with E-state index in [2.05, 4.69) is 81.7 Å². The first-order chi connectivity index (χ1) is 32.9. The lowest BCUT2D eigenvalue weighted by Gasteiger charge is -2.43. The van der Waals surface area contributed by atoms with Gasteiger partial charge in [0.05, 0.1) is 45.7 Å². The molecule has 6 heterocycles. The molecule has 18 heteroatoms. The SMILES string of the molecule is CCc1cc(Nc2ncc(Br)c(Nc3cnc4ccccc4c3P(C)(C)=O)n2)c(OC)cc1N1CCC(N2CCN(CCc3cccc4c3n(C3CC3)c(=O)n4C3CCC(=O)NC3=O)CC2)CC1. The number of piperidine rings is 2. The number of rotatable bonds is 14. The van der Waals surface area contributed by atoms with E-state index in [-0.39, 0.29) is 24.1 Å². The Morgan fingerprint density at radius 1 is 0.838 bits per heavy atom. The molecule has 4 aliphatic rings. The molecule has 6 aromatic rings. The van der Waals surface area contributed by atoms with E-state index in [4.69, 9.17) is 9.72 Å². The summed E-state index contributed by atoms with van der Waals surface area (Å²) in [5.41, 5.74) is 7.32. The smallest absolute Gasteiger partial charge is 0.330 e. The number of carbonyl (C=O) groups excluding carboxylic acids is 2. The van der Waals surface area contributed by atoms with Gasteiger partial charge in [-0.15, -0.1) is 0 Å². The molecule has 0 spiro atoms. The van der Waals surface area contributed by atoms with Gasteiger partial charge in [0.2, 0.25) is 17.8 Å². The summed E-state index contributed by atoms with van der Waals surface area (Å²) in [6.45, 7) is 12.6. The molecule has 1 atom stereocenters. The number of nitrogens with zero attached hydrogens (tertiary/aromatic N) is 8. The summed E-state index contributed by atoms with van der Waals surface area (Å²) in [7, 11) is -1.03. The average molecular weight is 1000 g/mol. The van der Waals surface area contributed by atoms with E-state index in [1.54, 1.807) is 37.4 Å². The highest BCUT2D eigenvalue weighted by atomic mass is 79.9. The third-order valence-electron chi connectivity index (χ3n) is 14.2. The number of pyridine rings is 1. The molecule has 16 nitrogen and oxygen atoms in total. The molecule has 3 saturated heterocycles. The van der Waals surface area contributed by atoms with E-state index in [9.17, 15) is 18.9 Å². The summed E-state index contributed by atoms with van der Waals surface area (Å²) >= 11 is 3.61. The predicted molar refractivity (Wildman–Crippen MR) is 272 cm³/mol. The first-order valence-electron chi connectivity index (χ1n) is 23.9. The largest absolute Gasteiger partial charge is 0.494 e. The summed E-state index contributed by atoms with van der Waals surface area (Å²) in [6.07, 6.45) is 9.73. The number of hydrogen-bond acceptors (Lipinski definition) is 13. The number of anilines is 5. The minimum atomic E-state index is -2.72. The van der Waals surface area contributed by atoms with Crippen LogP contribution in [-0.4, -0.2) is 118 Å². The maximum Gasteiger partial charge on any atom is 0.330 e. The van der Waals surface area contributed by atoms with Crippen molar-refractivity contribution in [3.63, 3.8) is 0 Å². The van der Waals surface area contributed by atoms with Crippen LogP contribution in [0.15, 0.2) is 76.3 Å². The zero-order valence-electron chi connectivity index (χ0n) is 39.1. The number of ether oxygens (including phenoxy) is 1. The van der Waals surface area contributed by atoms with Gasteiger partial charge < -0.3 is 29.7 Å². The minimum absolute atomic E-state index is 0.142. The Hall–Kier alpha value is -5.61. The van der Waals surface area contributed by atoms with Gasteiger partial charge in [0.25, 0.3) is 0 Å². The van der Waals surface area contributed by atoms with Gasteiger partial charge in [-0.2, -0.15) is 4.98 Å². The molecule has 3 N–H and O–H groups in total. The number of fused-ring (bicyclic) bond motifs is 2. The van der Waals surface area contributed by atoms with Crippen LogP contribution in [0.25, 0.3) is 21.9 Å². The summed E-state index contributed by atoms with van der Waals surface area (Å²) in [6, 6.07) is 18.1. The fourth-order valence-corrected chi connectivity index (χ4v) is 12.3. The first-order valence-corrected chi connectivity index (χ1v) is 27.3. The van der Waals surface area contributed by atoms with Crippen molar-refractivity contribution >= 4 is 91.0 Å². The zero-order chi connectivity index (χ0) is 47.3. The number of imidazole rings is 1. The standard InChI is InChI=1S/C50H59BrN11O5P/c1-5-31-27-38(55-49-53-29-36(51)47(57-49)54-39-30-52-37-11-7-6-10-35(37)46(39)68(3,4)66)43(67-2)28-42(31)60-21-18-33(19-22-60)59-25-23-58(24-26-59)20-17-32-9-8-12-40-45(32)61(34-13-14-34)50(65)62(40)41-15-16-44(63)56-48(41)64/h6-12,27-30,33-34,41H,5,13-26H2,1-4H3,(H,56,63,64)(H2,53,54,55,57). The molecule has 3 aromatic heterocycles. The molecule has 1 unspecified atom stereocenters. The number of benzene rings is 3. The number of para-hydroxylation sites is 2. The molecule has 0 radical (unpaired) electrons. The summed E-state index contributed by atoms with van der Waals surface area (Å²) < 4.78 is 23.8. The van der Waals surface area contributed by atoms with Crippen molar-refractivity contribution in [1.29, 1.82) is 0 Å². The van der Waals surface area contributed by atoms with Gasteiger partial charge in [0.15, 0.2) is 0 Å². The second-order valence-electron chi connectivity index (χ2n) is 18.9. The van der Waals surface area contributed by atoms with Gasteiger partial charge in [-0.05, 0) is 104 Å². The molecule has 10 rings (SSSR count). The number of amides is 2. The number of methoxy groups -OCH3 is 1. The molecular formula is C50H59BrN11O5P. The molecule has 0 bridgehead atoms. The highest BCUT2D eigenvalue weighted by molar-refractivity contribution is 9.10. The van der Waals surface area contributed by atoms with E-state index in [0.717, 1.165) is 123 Å². The van der Waals surface area contributed by atoms with E-state index in [0.29, 0.717) is 40.1 Å². The van der Waals surface area contributed by atoms with Crippen LogP contribution in [0.4, 0.5) is 28.8 Å². The van der Waals surface area contributed by atoms with Crippen molar-refractivity contribution in [3.8, 4) is 5.75 Å². The monoisotopic (exact) mass is 1000 g/mol. The molecule has 4 fully saturated rings. The van der Waals surface area contributed by atoms with Gasteiger partial charge in [-0.25, -0.2) is 9.78 Å². The maximum atomic E-state index is 13.9. The average Bonchev–Trinajstić information content (AvgIpc) is 4.13. The van der Waals surface area contributed by atoms with Gasteiger partial charge in [-0.1, -0.05) is 37.3 Å². The third kappa shape index (κ3) is 9.17. The quantitative estimate of drug-likeness (QED) is 0.0732. The Morgan fingerprint density at radius 3 is 2.34 bits per heavy atom. The van der Waals surface area contributed by atoms with Gasteiger partial charge in [0.1, 0.15) is 24.8 Å². The maximum absolute atomic E-state index is 13.9. The van der Waals surface area contributed by atoms with E-state index >= 15 is 0 Å². The Balaban J connectivity index is 0.768. The summed E-state index contributed by atoms with van der Waals surface area (Å²) in [5.74, 6) is 0.930. The zero-order valence-corrected chi connectivity index (χ0v) is 41.6. The number of aryl methyl sites for hydroxylation is 1. The third-order valence-corrected chi connectivity index (χ3v) is 16.3. The topological polar surface area (TPSA) is 172 Å². The highest BCUT2D eigenvalue weighted by Crippen LogP contribution is 2.43. The number of halogens is 1. The minimum Gasteiger partial charge on any atom is -0.494 e. The second kappa shape index (κ2) is 19.1. The fourth-order valence-electron chi connectivity index (χ4n) is 10.6. The summed E-state index contributed by atoms with van der Waals surface area (Å²) in [4.78, 5) is 60.5. The Morgan fingerprint density at radius 2 is 1.62 bits per heavy atom. The Labute approximate surface area is 404 Å². The predicted octanol–water partition coefficient (Wildman–Crippen LogP) is 7.35. The molecule has 68 heavy (non-hydrogen) atoms. The number of piperazine rings is 1. The van der Waals surface area contributed by atoms with E-state index < -0.39 is 19.1 Å². The van der Waals surface area contributed by atoms with Gasteiger partial charge >= 0.3 is 5.69 Å². The normalized spacial score (nSPS) is 18.9. The molecule has 1 aliphatic carbocycles. The molecule has 2 amide bonds. The molecule has 1 saturated carbocycles. The molecule has 356 valence electrons. The molecule has 3 aliphatic heterocycles. The van der Waals surface area contributed by atoms with Crippen LogP contribution in [0.3, 0.4) is 0 Å². The van der Waals surface area contributed by atoms with Crippen molar-refractivity contribution < 1.29 is 18.9 Å². The van der Waals surface area contributed by atoms with Crippen LogP contribution in [0, 0.1) is 0 Å². The van der Waals surface area contributed by atoms with Crippen LogP contribution in [0.5, 0.6) is 5.75 Å². The summed E-state index contributed by atoms with van der Waals surface area (Å²) in [5, 5.41) is 10.8. The Kier molecular flexibility index (Phi) is 12.9. The lowest BCUT2D eigenvalue weighted by atomic mass is 9.99. The van der Waals surface area contributed by atoms with Crippen molar-refractivity contribution in [3.05, 3.63) is 93.1 Å². The van der Waals surface area contributed by atoms with Crippen LogP contribution >= 0.6 is 23.1 Å². The van der Waals surface area contributed by atoms with Gasteiger partial charge in [-0.3, -0.25) is 33.9 Å². The molecule has 3 aromatic carbocycles. The number of hydrogen-bond donors (Lipinski definition) is 3. The Bertz CT molecular complexity index is 3020. The van der Waals surface area contributed by atoms with Crippen LogP contribution < -0.4 is 36.6 Å². The van der Waals surface area contributed by atoms with Crippen molar-refractivity contribution in [2.75, 3.05) is 81.8 Å². The van der Waals surface area contributed by atoms with E-state index in [1.807, 2.05) is 41.0 Å². The van der Waals surface area contributed by atoms with Crippen molar-refractivity contribution in [2.24, 2.45) is 0 Å². The van der Waals surface area contributed by atoms with Crippen molar-refractivity contribution in [2.45, 2.75) is 76.4 Å². The van der Waals surface area contributed by atoms with Crippen molar-refractivity contribution in [1.82, 2.24) is 39.2 Å². The fraction of sp³-hybridized carbons (Fsp3) is 0.440. The van der Waals surface area contributed by atoms with Crippen LogP contribution in [-0.2, 0) is 27.0 Å². The second-order valence-corrected chi connectivity index (χ2v) is 22.9. The molecular weight excluding hydrogens is 945 g/mol. The van der Waals surface area contributed by atoms with E-state index in [1.165, 1.54) is 11.3 Å². The highest BCUT2D eigenvalue weighted by Gasteiger charge is 2.36. The van der Waals surface area contributed by atoms with Crippen LogP contribution in [0.1, 0.15) is 68.7 Å². The lowest BCUT2D eigenvalue weighted by molar-refractivity contribution is -0.135. The lowest BCUT2D eigenvalue weighted by Crippen LogP contribution is -2.53.